The predicted octanol–water partition coefficient (Wildman–Crippen LogP) is 0.746. The van der Waals surface area contributed by atoms with Crippen LogP contribution in [0.5, 0.6) is 5.88 Å². The summed E-state index contributed by atoms with van der Waals surface area (Å²) < 4.78 is 31.6. The van der Waals surface area contributed by atoms with Crippen LogP contribution in [0.1, 0.15) is 10.4 Å². The van der Waals surface area contributed by atoms with Crippen LogP contribution in [-0.4, -0.2) is 61.4 Å². The number of carbonyl (C=O) groups is 2. The summed E-state index contributed by atoms with van der Waals surface area (Å²) in [7, 11) is -0.216. The van der Waals surface area contributed by atoms with Gasteiger partial charge in [-0.3, -0.25) is 10.1 Å². The van der Waals surface area contributed by atoms with Crippen LogP contribution in [0.25, 0.3) is 0 Å². The Morgan fingerprint density at radius 2 is 1.96 bits per heavy atom. The second-order valence-corrected chi connectivity index (χ2v) is 7.16. The third-order valence-electron chi connectivity index (χ3n) is 3.00. The van der Waals surface area contributed by atoms with Crippen LogP contribution in [0.15, 0.2) is 29.4 Å². The number of anilines is 1. The van der Waals surface area contributed by atoms with E-state index in [1.54, 1.807) is 4.72 Å². The Hall–Kier alpha value is -2.99. The van der Waals surface area contributed by atoms with Gasteiger partial charge in [-0.1, -0.05) is 11.6 Å². The second kappa shape index (κ2) is 8.14. The van der Waals surface area contributed by atoms with Crippen molar-refractivity contribution >= 4 is 39.5 Å². The Morgan fingerprint density at radius 1 is 1.26 bits per heavy atom. The minimum absolute atomic E-state index is 0.0244. The third kappa shape index (κ3) is 5.01. The van der Waals surface area contributed by atoms with Crippen LogP contribution in [0.4, 0.5) is 10.7 Å². The summed E-state index contributed by atoms with van der Waals surface area (Å²) >= 11 is 5.75. The average Bonchev–Trinajstić information content (AvgIpc) is 2.59. The summed E-state index contributed by atoms with van der Waals surface area (Å²) in [5, 5.41) is 1.50. The van der Waals surface area contributed by atoms with E-state index in [4.69, 9.17) is 16.3 Å². The Bertz CT molecular complexity index is 982. The second-order valence-electron chi connectivity index (χ2n) is 5.17. The molecule has 2 aromatic heterocycles. The maximum Gasteiger partial charge on any atom is 0.335 e. The van der Waals surface area contributed by atoms with Crippen LogP contribution in [-0.2, 0) is 10.0 Å². The quantitative estimate of drug-likeness (QED) is 0.682. The summed E-state index contributed by atoms with van der Waals surface area (Å²) in [5.74, 6) is -0.804. The van der Waals surface area contributed by atoms with Gasteiger partial charge in [0.2, 0.25) is 11.8 Å². The van der Waals surface area contributed by atoms with Crippen LogP contribution in [0.3, 0.4) is 0 Å². The number of hydrogen-bond acceptors (Lipinski definition) is 8. The molecule has 2 heterocycles. The summed E-state index contributed by atoms with van der Waals surface area (Å²) in [6.07, 6.45) is 1.18. The number of halogens is 1. The smallest absolute Gasteiger partial charge is 0.335 e. The van der Waals surface area contributed by atoms with Gasteiger partial charge < -0.3 is 9.64 Å². The molecule has 144 valence electrons. The molecule has 0 saturated heterocycles. The minimum atomic E-state index is -4.46. The van der Waals surface area contributed by atoms with Crippen molar-refractivity contribution in [3.8, 4) is 5.88 Å². The maximum atomic E-state index is 12.5. The van der Waals surface area contributed by atoms with Crippen molar-refractivity contribution in [1.82, 2.24) is 24.6 Å². The highest BCUT2D eigenvalue weighted by atomic mass is 35.5. The lowest BCUT2D eigenvalue weighted by Crippen LogP contribution is -2.36. The van der Waals surface area contributed by atoms with Crippen molar-refractivity contribution in [3.63, 3.8) is 0 Å². The number of nitrogens with one attached hydrogen (secondary N) is 2. The van der Waals surface area contributed by atoms with Gasteiger partial charge in [0, 0.05) is 26.4 Å². The van der Waals surface area contributed by atoms with Crippen molar-refractivity contribution in [2.24, 2.45) is 0 Å². The molecular weight excluding hydrogens is 400 g/mol. The molecule has 0 aliphatic rings. The normalized spacial score (nSPS) is 10.8. The zero-order chi connectivity index (χ0) is 20.2. The zero-order valence-electron chi connectivity index (χ0n) is 14.4. The van der Waals surface area contributed by atoms with Gasteiger partial charge in [0.15, 0.2) is 5.03 Å². The molecule has 2 rings (SSSR count). The molecule has 0 unspecified atom stereocenters. The van der Waals surface area contributed by atoms with Crippen molar-refractivity contribution in [1.29, 1.82) is 0 Å². The first-order valence-electron chi connectivity index (χ1n) is 7.23. The molecule has 3 amide bonds. The predicted molar refractivity (Wildman–Crippen MR) is 95.2 cm³/mol. The fourth-order valence-electron chi connectivity index (χ4n) is 1.86. The molecule has 2 N–H and O–H groups in total. The number of aromatic nitrogens is 3. The molecular formula is C14H15ClN6O5S. The van der Waals surface area contributed by atoms with E-state index in [2.05, 4.69) is 20.3 Å². The molecule has 0 aliphatic heterocycles. The fraction of sp³-hybridized carbons (Fsp3) is 0.214. The number of sulfonamides is 1. The minimum Gasteiger partial charge on any atom is -0.481 e. The molecule has 0 fully saturated rings. The molecule has 27 heavy (non-hydrogen) atoms. The largest absolute Gasteiger partial charge is 0.481 e. The number of carbonyl (C=O) groups excluding carboxylic acids is 2. The van der Waals surface area contributed by atoms with Gasteiger partial charge in [0.25, 0.3) is 15.9 Å². The third-order valence-corrected chi connectivity index (χ3v) is 4.48. The van der Waals surface area contributed by atoms with Gasteiger partial charge in [0.1, 0.15) is 5.15 Å². The van der Waals surface area contributed by atoms with E-state index in [9.17, 15) is 18.0 Å². The highest BCUT2D eigenvalue weighted by Gasteiger charge is 2.27. The lowest BCUT2D eigenvalue weighted by Gasteiger charge is -2.14. The number of amides is 3. The van der Waals surface area contributed by atoms with Gasteiger partial charge in [0.05, 0.1) is 12.7 Å². The zero-order valence-corrected chi connectivity index (χ0v) is 16.0. The van der Waals surface area contributed by atoms with Gasteiger partial charge in [-0.25, -0.2) is 19.5 Å². The van der Waals surface area contributed by atoms with Gasteiger partial charge in [-0.15, -0.1) is 0 Å². The SMILES string of the molecule is COc1cc(Cl)nc(NC(=O)NS(=O)(=O)c2ncccc2C(=O)N(C)C)n1. The molecule has 13 heteroatoms. The van der Waals surface area contributed by atoms with E-state index >= 15 is 0 Å². The van der Waals surface area contributed by atoms with E-state index in [1.165, 1.54) is 50.5 Å². The number of pyridine rings is 1. The lowest BCUT2D eigenvalue weighted by molar-refractivity contribution is 0.0823. The molecule has 0 radical (unpaired) electrons. The van der Waals surface area contributed by atoms with E-state index in [1.807, 2.05) is 0 Å². The van der Waals surface area contributed by atoms with Crippen LogP contribution >= 0.6 is 11.6 Å². The standard InChI is InChI=1S/C14H15ClN6O5S/c1-21(2)12(22)8-5-4-6-16-11(8)27(24,25)20-14(23)19-13-17-9(15)7-10(18-13)26-3/h4-7H,1-3H3,(H2,17,18,19,20,23). The highest BCUT2D eigenvalue weighted by Crippen LogP contribution is 2.16. The first kappa shape index (κ1) is 20.3. The fourth-order valence-corrected chi connectivity index (χ4v) is 3.07. The number of ether oxygens (including phenoxy) is 1. The number of methoxy groups -OCH3 is 1. The first-order valence-corrected chi connectivity index (χ1v) is 9.09. The summed E-state index contributed by atoms with van der Waals surface area (Å²) in [5.41, 5.74) is -0.191. The molecule has 0 aromatic carbocycles. The molecule has 0 saturated carbocycles. The summed E-state index contributed by atoms with van der Waals surface area (Å²) in [6.45, 7) is 0. The number of urea groups is 1. The van der Waals surface area contributed by atoms with Gasteiger partial charge in [-0.2, -0.15) is 13.4 Å². The molecule has 0 spiro atoms. The number of rotatable bonds is 5. The van der Waals surface area contributed by atoms with Crippen LogP contribution in [0.2, 0.25) is 5.15 Å². The lowest BCUT2D eigenvalue weighted by atomic mass is 10.2. The Kier molecular flexibility index (Phi) is 6.13. The Morgan fingerprint density at radius 3 is 2.59 bits per heavy atom. The number of hydrogen-bond donors (Lipinski definition) is 2. The Labute approximate surface area is 159 Å². The summed E-state index contributed by atoms with van der Waals surface area (Å²) in [4.78, 5) is 36.6. The van der Waals surface area contributed by atoms with Crippen LogP contribution < -0.4 is 14.8 Å². The molecule has 0 aliphatic carbocycles. The van der Waals surface area contributed by atoms with Crippen molar-refractivity contribution in [3.05, 3.63) is 35.1 Å². The molecule has 0 bridgehead atoms. The number of nitrogens with zero attached hydrogens (tertiary/aromatic N) is 4. The van der Waals surface area contributed by atoms with Crippen LogP contribution in [0, 0.1) is 0 Å². The van der Waals surface area contributed by atoms with E-state index < -0.39 is 27.0 Å². The van der Waals surface area contributed by atoms with E-state index in [0.717, 1.165) is 0 Å². The van der Waals surface area contributed by atoms with E-state index in [-0.39, 0.29) is 22.5 Å². The average molecular weight is 415 g/mol. The van der Waals surface area contributed by atoms with E-state index in [0.29, 0.717) is 0 Å². The summed E-state index contributed by atoms with van der Waals surface area (Å²) in [6, 6.07) is 2.82. The first-order chi connectivity index (χ1) is 12.6. The van der Waals surface area contributed by atoms with Gasteiger partial charge >= 0.3 is 6.03 Å². The molecule has 0 atom stereocenters. The van der Waals surface area contributed by atoms with Crippen molar-refractivity contribution in [2.75, 3.05) is 26.5 Å². The molecule has 2 aromatic rings. The molecule has 11 nitrogen and oxygen atoms in total. The van der Waals surface area contributed by atoms with Crippen molar-refractivity contribution < 1.29 is 22.7 Å². The van der Waals surface area contributed by atoms with Gasteiger partial charge in [-0.05, 0) is 12.1 Å². The maximum absolute atomic E-state index is 12.5. The highest BCUT2D eigenvalue weighted by molar-refractivity contribution is 7.90. The monoisotopic (exact) mass is 414 g/mol. The van der Waals surface area contributed by atoms with Crippen molar-refractivity contribution in [2.45, 2.75) is 5.03 Å². The topological polar surface area (TPSA) is 143 Å². The Balaban J connectivity index is 2.26.